The van der Waals surface area contributed by atoms with Gasteiger partial charge in [0, 0.05) is 4.88 Å². The fraction of sp³-hybridized carbons (Fsp3) is 0.263. The number of hydrogen-bond donors (Lipinski definition) is 1. The van der Waals surface area contributed by atoms with Gasteiger partial charge in [0.1, 0.15) is 4.83 Å². The lowest BCUT2D eigenvalue weighted by atomic mass is 10.1. The summed E-state index contributed by atoms with van der Waals surface area (Å²) >= 11 is 14.3. The van der Waals surface area contributed by atoms with Gasteiger partial charge in [-0.05, 0) is 48.6 Å². The summed E-state index contributed by atoms with van der Waals surface area (Å²) in [7, 11) is 3.06. The molecule has 1 N–H and O–H groups in total. The maximum atomic E-state index is 12.6. The molecule has 1 aliphatic carbocycles. The number of H-pyrrole nitrogens is 1. The Balaban J connectivity index is 1.78. The van der Waals surface area contributed by atoms with E-state index < -0.39 is 0 Å². The molecule has 1 aromatic carbocycles. The number of benzene rings is 1. The van der Waals surface area contributed by atoms with E-state index in [9.17, 15) is 4.79 Å². The van der Waals surface area contributed by atoms with E-state index >= 15 is 0 Å². The molecule has 2 heterocycles. The van der Waals surface area contributed by atoms with Crippen molar-refractivity contribution in [2.24, 2.45) is 0 Å². The minimum Gasteiger partial charge on any atom is -0.493 e. The SMILES string of the molecule is COc1cc(/C=C(\Cl)c2nc3sc4c(c3c(=O)[nH]2)CCC4)cc(Cl)c1OC. The minimum absolute atomic E-state index is 0.147. The van der Waals surface area contributed by atoms with E-state index in [2.05, 4.69) is 9.97 Å². The Hall–Kier alpha value is -2.02. The van der Waals surface area contributed by atoms with Crippen LogP contribution in [-0.4, -0.2) is 24.2 Å². The molecule has 0 atom stereocenters. The van der Waals surface area contributed by atoms with Crippen molar-refractivity contribution < 1.29 is 9.47 Å². The quantitative estimate of drug-likeness (QED) is 0.650. The summed E-state index contributed by atoms with van der Waals surface area (Å²) in [5.74, 6) is 1.28. The zero-order valence-corrected chi connectivity index (χ0v) is 17.0. The fourth-order valence-electron chi connectivity index (χ4n) is 3.35. The van der Waals surface area contributed by atoms with E-state index in [1.54, 1.807) is 29.5 Å². The Labute approximate surface area is 169 Å². The van der Waals surface area contributed by atoms with Crippen LogP contribution in [0.15, 0.2) is 16.9 Å². The molecule has 0 fully saturated rings. The van der Waals surface area contributed by atoms with Gasteiger partial charge >= 0.3 is 0 Å². The van der Waals surface area contributed by atoms with Gasteiger partial charge in [0.05, 0.1) is 29.7 Å². The molecular formula is C19H16Cl2N2O3S. The second kappa shape index (κ2) is 7.19. The molecule has 3 aromatic rings. The second-order valence-electron chi connectivity index (χ2n) is 6.18. The molecule has 0 saturated heterocycles. The Morgan fingerprint density at radius 1 is 1.30 bits per heavy atom. The zero-order chi connectivity index (χ0) is 19.1. The summed E-state index contributed by atoms with van der Waals surface area (Å²) in [5.41, 5.74) is 1.70. The van der Waals surface area contributed by atoms with Crippen molar-refractivity contribution in [1.82, 2.24) is 9.97 Å². The molecule has 0 unspecified atom stereocenters. The topological polar surface area (TPSA) is 64.2 Å². The molecule has 8 heteroatoms. The molecule has 0 spiro atoms. The Kier molecular flexibility index (Phi) is 4.88. The number of nitrogens with zero attached hydrogens (tertiary/aromatic N) is 1. The first-order valence-corrected chi connectivity index (χ1v) is 9.92. The summed E-state index contributed by atoms with van der Waals surface area (Å²) in [6.07, 6.45) is 4.73. The van der Waals surface area contributed by atoms with Crippen LogP contribution in [0, 0.1) is 0 Å². The minimum atomic E-state index is -0.147. The van der Waals surface area contributed by atoms with E-state index in [0.717, 1.165) is 29.7 Å². The normalized spacial score (nSPS) is 13.9. The van der Waals surface area contributed by atoms with Gasteiger partial charge in [-0.25, -0.2) is 4.98 Å². The molecule has 0 radical (unpaired) electrons. The Morgan fingerprint density at radius 3 is 2.85 bits per heavy atom. The van der Waals surface area contributed by atoms with Crippen LogP contribution in [0.2, 0.25) is 5.02 Å². The van der Waals surface area contributed by atoms with Gasteiger partial charge in [-0.15, -0.1) is 11.3 Å². The summed E-state index contributed by atoms with van der Waals surface area (Å²) < 4.78 is 10.5. The van der Waals surface area contributed by atoms with Gasteiger partial charge < -0.3 is 14.5 Å². The van der Waals surface area contributed by atoms with E-state index in [1.807, 2.05) is 0 Å². The molecule has 2 aromatic heterocycles. The van der Waals surface area contributed by atoms with E-state index in [-0.39, 0.29) is 5.56 Å². The number of aromatic nitrogens is 2. The molecule has 27 heavy (non-hydrogen) atoms. The van der Waals surface area contributed by atoms with E-state index in [0.29, 0.717) is 38.3 Å². The number of thiophene rings is 1. The molecule has 0 aliphatic heterocycles. The van der Waals surface area contributed by atoms with Crippen LogP contribution in [0.1, 0.15) is 28.2 Å². The first kappa shape index (κ1) is 18.3. The first-order valence-electron chi connectivity index (χ1n) is 8.35. The van der Waals surface area contributed by atoms with Crippen LogP contribution < -0.4 is 15.0 Å². The van der Waals surface area contributed by atoms with Gasteiger partial charge in [0.15, 0.2) is 17.3 Å². The predicted molar refractivity (Wildman–Crippen MR) is 111 cm³/mol. The monoisotopic (exact) mass is 422 g/mol. The maximum Gasteiger partial charge on any atom is 0.260 e. The molecule has 4 rings (SSSR count). The van der Waals surface area contributed by atoms with Gasteiger partial charge in [-0.3, -0.25) is 4.79 Å². The summed E-state index contributed by atoms with van der Waals surface area (Å²) in [6, 6.07) is 3.46. The average Bonchev–Trinajstić information content (AvgIpc) is 3.21. The van der Waals surface area contributed by atoms with Crippen molar-refractivity contribution in [2.75, 3.05) is 14.2 Å². The van der Waals surface area contributed by atoms with Crippen LogP contribution in [-0.2, 0) is 12.8 Å². The molecule has 1 aliphatic rings. The van der Waals surface area contributed by atoms with Crippen molar-refractivity contribution in [3.63, 3.8) is 0 Å². The smallest absolute Gasteiger partial charge is 0.260 e. The maximum absolute atomic E-state index is 12.6. The Morgan fingerprint density at radius 2 is 2.11 bits per heavy atom. The average molecular weight is 423 g/mol. The fourth-order valence-corrected chi connectivity index (χ4v) is 5.13. The molecule has 5 nitrogen and oxygen atoms in total. The lowest BCUT2D eigenvalue weighted by Gasteiger charge is -2.10. The van der Waals surface area contributed by atoms with Crippen LogP contribution >= 0.6 is 34.5 Å². The number of ether oxygens (including phenoxy) is 2. The highest BCUT2D eigenvalue weighted by atomic mass is 35.5. The lowest BCUT2D eigenvalue weighted by Crippen LogP contribution is -2.10. The number of fused-ring (bicyclic) bond motifs is 3. The molecule has 140 valence electrons. The first-order chi connectivity index (χ1) is 13.0. The van der Waals surface area contributed by atoms with Gasteiger partial charge in [0.25, 0.3) is 5.56 Å². The highest BCUT2D eigenvalue weighted by molar-refractivity contribution is 7.18. The van der Waals surface area contributed by atoms with Crippen molar-refractivity contribution in [2.45, 2.75) is 19.3 Å². The molecule has 0 amide bonds. The summed E-state index contributed by atoms with van der Waals surface area (Å²) in [6.45, 7) is 0. The summed E-state index contributed by atoms with van der Waals surface area (Å²) in [4.78, 5) is 21.9. The predicted octanol–water partition coefficient (Wildman–Crippen LogP) is 4.88. The van der Waals surface area contributed by atoms with Crippen LogP contribution in [0.3, 0.4) is 0 Å². The Bertz CT molecular complexity index is 1130. The van der Waals surface area contributed by atoms with Crippen molar-refractivity contribution in [1.29, 1.82) is 0 Å². The van der Waals surface area contributed by atoms with Crippen LogP contribution in [0.5, 0.6) is 11.5 Å². The largest absolute Gasteiger partial charge is 0.493 e. The van der Waals surface area contributed by atoms with Crippen LogP contribution in [0.4, 0.5) is 0 Å². The van der Waals surface area contributed by atoms with Crippen molar-refractivity contribution in [3.05, 3.63) is 49.3 Å². The van der Waals surface area contributed by atoms with Crippen LogP contribution in [0.25, 0.3) is 21.3 Å². The van der Waals surface area contributed by atoms with Crippen molar-refractivity contribution in [3.8, 4) is 11.5 Å². The molecular weight excluding hydrogens is 407 g/mol. The number of hydrogen-bond acceptors (Lipinski definition) is 5. The van der Waals surface area contributed by atoms with E-state index in [4.69, 9.17) is 32.7 Å². The van der Waals surface area contributed by atoms with Gasteiger partial charge in [0.2, 0.25) is 0 Å². The highest BCUT2D eigenvalue weighted by Gasteiger charge is 2.21. The number of nitrogens with one attached hydrogen (secondary N) is 1. The number of aryl methyl sites for hydroxylation is 2. The third-order valence-electron chi connectivity index (χ3n) is 4.55. The van der Waals surface area contributed by atoms with Crippen molar-refractivity contribution >= 4 is 55.9 Å². The van der Waals surface area contributed by atoms with Gasteiger partial charge in [-0.1, -0.05) is 23.2 Å². The van der Waals surface area contributed by atoms with E-state index in [1.165, 1.54) is 19.1 Å². The highest BCUT2D eigenvalue weighted by Crippen LogP contribution is 2.38. The molecule has 0 bridgehead atoms. The lowest BCUT2D eigenvalue weighted by molar-refractivity contribution is 0.355. The molecule has 0 saturated carbocycles. The second-order valence-corrected chi connectivity index (χ2v) is 8.08. The number of aromatic amines is 1. The standard InChI is InChI=1S/C19H16Cl2N2O3S/c1-25-13-8-9(6-11(20)16(13)26-2)7-12(21)17-22-18(24)15-10-4-3-5-14(10)27-19(15)23-17/h6-8H,3-5H2,1-2H3,(H,22,23,24)/b12-7-. The zero-order valence-electron chi connectivity index (χ0n) is 14.7. The number of methoxy groups -OCH3 is 2. The number of rotatable bonds is 4. The third-order valence-corrected chi connectivity index (χ3v) is 6.31. The summed E-state index contributed by atoms with van der Waals surface area (Å²) in [5, 5.41) is 1.42. The van der Waals surface area contributed by atoms with Gasteiger partial charge in [-0.2, -0.15) is 0 Å². The third kappa shape index (κ3) is 3.22. The number of halogens is 2.